The van der Waals surface area contributed by atoms with E-state index >= 15 is 0 Å². The lowest BCUT2D eigenvalue weighted by Gasteiger charge is -1.74. The van der Waals surface area contributed by atoms with Gasteiger partial charge in [0.15, 0.2) is 0 Å². The van der Waals surface area contributed by atoms with Crippen molar-refractivity contribution in [3.63, 3.8) is 0 Å². The number of Topliss-reactive ketones (excluding diaryl/α,β-unsaturated/α-hetero) is 1. The van der Waals surface area contributed by atoms with Crippen molar-refractivity contribution in [2.45, 2.75) is 0 Å². The molecule has 0 heterocycles. The summed E-state index contributed by atoms with van der Waals surface area (Å²) in [7, 11) is 0. The van der Waals surface area contributed by atoms with Crippen molar-refractivity contribution >= 4 is 17.4 Å². The molecule has 0 saturated carbocycles. The SMILES string of the molecule is C=C(Cl)C(=O)C#N. The fourth-order valence-corrected chi connectivity index (χ4v) is 0.103. The van der Waals surface area contributed by atoms with Crippen LogP contribution < -0.4 is 0 Å². The molecular formula is C4H2ClNO. The second kappa shape index (κ2) is 2.38. The highest BCUT2D eigenvalue weighted by molar-refractivity contribution is 6.44. The lowest BCUT2D eigenvalue weighted by atomic mass is 10.4. The third-order valence-corrected chi connectivity index (χ3v) is 0.520. The van der Waals surface area contributed by atoms with Gasteiger partial charge in [0.25, 0.3) is 5.78 Å². The van der Waals surface area contributed by atoms with Crippen molar-refractivity contribution in [2.24, 2.45) is 0 Å². The van der Waals surface area contributed by atoms with Crippen LogP contribution in [0.4, 0.5) is 0 Å². The van der Waals surface area contributed by atoms with Gasteiger partial charge in [-0.25, -0.2) is 0 Å². The maximum Gasteiger partial charge on any atom is 0.272 e. The Morgan fingerprint density at radius 3 is 2.29 bits per heavy atom. The van der Waals surface area contributed by atoms with Crippen LogP contribution in [0, 0.1) is 11.3 Å². The molecule has 0 aromatic rings. The van der Waals surface area contributed by atoms with Gasteiger partial charge in [0.1, 0.15) is 6.07 Å². The van der Waals surface area contributed by atoms with Crippen molar-refractivity contribution in [1.82, 2.24) is 0 Å². The van der Waals surface area contributed by atoms with Gasteiger partial charge in [-0.15, -0.1) is 0 Å². The number of ketones is 1. The first kappa shape index (κ1) is 6.19. The van der Waals surface area contributed by atoms with E-state index in [-0.39, 0.29) is 5.03 Å². The van der Waals surface area contributed by atoms with Crippen LogP contribution in [0.5, 0.6) is 0 Å². The van der Waals surface area contributed by atoms with Gasteiger partial charge in [-0.1, -0.05) is 18.2 Å². The van der Waals surface area contributed by atoms with Gasteiger partial charge >= 0.3 is 0 Å². The van der Waals surface area contributed by atoms with E-state index in [4.69, 9.17) is 16.9 Å². The van der Waals surface area contributed by atoms with Gasteiger partial charge in [-0.3, -0.25) is 4.79 Å². The maximum absolute atomic E-state index is 9.92. The molecule has 36 valence electrons. The Kier molecular flexibility index (Phi) is 2.10. The van der Waals surface area contributed by atoms with Crippen LogP contribution in [0.3, 0.4) is 0 Å². The minimum absolute atomic E-state index is 0.234. The van der Waals surface area contributed by atoms with E-state index in [1.807, 2.05) is 0 Å². The minimum atomic E-state index is -0.776. The highest BCUT2D eigenvalue weighted by atomic mass is 35.5. The van der Waals surface area contributed by atoms with E-state index in [0.717, 1.165) is 0 Å². The summed E-state index contributed by atoms with van der Waals surface area (Å²) in [4.78, 5) is 9.92. The summed E-state index contributed by atoms with van der Waals surface area (Å²) in [5.74, 6) is -0.776. The number of allylic oxidation sites excluding steroid dienone is 1. The standard InChI is InChI=1S/C4H2ClNO/c1-3(5)4(7)2-6/h1H2. The lowest BCUT2D eigenvalue weighted by molar-refractivity contribution is -0.110. The topological polar surface area (TPSA) is 40.9 Å². The molecular weight excluding hydrogens is 114 g/mol. The molecule has 0 spiro atoms. The predicted molar refractivity (Wildman–Crippen MR) is 25.6 cm³/mol. The van der Waals surface area contributed by atoms with Crippen LogP contribution in [0.25, 0.3) is 0 Å². The van der Waals surface area contributed by atoms with Gasteiger partial charge in [0, 0.05) is 0 Å². The quantitative estimate of drug-likeness (QED) is 0.375. The normalized spacial score (nSPS) is 6.86. The van der Waals surface area contributed by atoms with Crippen molar-refractivity contribution < 1.29 is 4.79 Å². The van der Waals surface area contributed by atoms with E-state index < -0.39 is 5.78 Å². The Balaban J connectivity index is 3.90. The average Bonchev–Trinajstić information content (AvgIpc) is 1.65. The van der Waals surface area contributed by atoms with Gasteiger partial charge < -0.3 is 0 Å². The zero-order valence-electron chi connectivity index (χ0n) is 3.44. The summed E-state index contributed by atoms with van der Waals surface area (Å²) in [5, 5.41) is 7.53. The Morgan fingerprint density at radius 2 is 2.29 bits per heavy atom. The Bertz CT molecular complexity index is 144. The van der Waals surface area contributed by atoms with Crippen molar-refractivity contribution in [3.05, 3.63) is 11.6 Å². The molecule has 3 heteroatoms. The second-order valence-corrected chi connectivity index (χ2v) is 1.30. The van der Waals surface area contributed by atoms with Crippen molar-refractivity contribution in [3.8, 4) is 6.07 Å². The number of nitriles is 1. The summed E-state index contributed by atoms with van der Waals surface area (Å²) in [5.41, 5.74) is 0. The van der Waals surface area contributed by atoms with Crippen molar-refractivity contribution in [1.29, 1.82) is 5.26 Å². The monoisotopic (exact) mass is 115 g/mol. The lowest BCUT2D eigenvalue weighted by Crippen LogP contribution is -1.87. The number of nitrogens with zero attached hydrogens (tertiary/aromatic N) is 1. The number of carbonyl (C=O) groups is 1. The largest absolute Gasteiger partial charge is 0.276 e. The first-order chi connectivity index (χ1) is 3.18. The highest BCUT2D eigenvalue weighted by Gasteiger charge is 1.97. The molecule has 0 atom stereocenters. The highest BCUT2D eigenvalue weighted by Crippen LogP contribution is 1.94. The number of carbonyl (C=O) groups excluding carboxylic acids is 1. The van der Waals surface area contributed by atoms with Gasteiger partial charge in [0.05, 0.1) is 5.03 Å². The van der Waals surface area contributed by atoms with Gasteiger partial charge in [-0.2, -0.15) is 5.26 Å². The summed E-state index contributed by atoms with van der Waals surface area (Å²) >= 11 is 4.96. The van der Waals surface area contributed by atoms with Crippen LogP contribution in [0.2, 0.25) is 0 Å². The second-order valence-electron chi connectivity index (χ2n) is 0.846. The number of halogens is 1. The molecule has 2 nitrogen and oxygen atoms in total. The van der Waals surface area contributed by atoms with Gasteiger partial charge in [0.2, 0.25) is 0 Å². The van der Waals surface area contributed by atoms with Crippen LogP contribution >= 0.6 is 11.6 Å². The van der Waals surface area contributed by atoms with E-state index in [9.17, 15) is 4.79 Å². The van der Waals surface area contributed by atoms with E-state index in [1.54, 1.807) is 0 Å². The number of hydrogen-bond acceptors (Lipinski definition) is 2. The summed E-state index contributed by atoms with van der Waals surface area (Å²) in [6.07, 6.45) is 0. The first-order valence-electron chi connectivity index (χ1n) is 1.47. The molecule has 0 amide bonds. The van der Waals surface area contributed by atoms with Crippen LogP contribution in [-0.2, 0) is 4.79 Å². The third-order valence-electron chi connectivity index (χ3n) is 0.348. The van der Waals surface area contributed by atoms with E-state index in [2.05, 4.69) is 6.58 Å². The molecule has 0 bridgehead atoms. The molecule has 0 fully saturated rings. The first-order valence-corrected chi connectivity index (χ1v) is 1.85. The molecule has 0 saturated heterocycles. The van der Waals surface area contributed by atoms with Crippen LogP contribution in [0.15, 0.2) is 11.6 Å². The van der Waals surface area contributed by atoms with Crippen LogP contribution in [0.1, 0.15) is 0 Å². The minimum Gasteiger partial charge on any atom is -0.276 e. The maximum atomic E-state index is 9.92. The Morgan fingerprint density at radius 1 is 1.86 bits per heavy atom. The summed E-state index contributed by atoms with van der Waals surface area (Å²) < 4.78 is 0. The fraction of sp³-hybridized carbons (Fsp3) is 0. The van der Waals surface area contributed by atoms with Crippen molar-refractivity contribution in [2.75, 3.05) is 0 Å². The Hall–Kier alpha value is -0.810. The molecule has 0 aromatic carbocycles. The number of rotatable bonds is 1. The average molecular weight is 116 g/mol. The molecule has 7 heavy (non-hydrogen) atoms. The predicted octanol–water partition coefficient (Wildman–Crippen LogP) is 0.832. The molecule has 0 rings (SSSR count). The summed E-state index contributed by atoms with van der Waals surface area (Å²) in [6.45, 7) is 3.02. The molecule has 0 aliphatic heterocycles. The van der Waals surface area contributed by atoms with E-state index in [0.29, 0.717) is 0 Å². The smallest absolute Gasteiger partial charge is 0.272 e. The van der Waals surface area contributed by atoms with Crippen LogP contribution in [-0.4, -0.2) is 5.78 Å². The zero-order chi connectivity index (χ0) is 5.86. The zero-order valence-corrected chi connectivity index (χ0v) is 4.20. The fourth-order valence-electron chi connectivity index (χ4n) is 0.0607. The molecule has 0 aromatic heterocycles. The Labute approximate surface area is 46.0 Å². The van der Waals surface area contributed by atoms with Gasteiger partial charge in [-0.05, 0) is 0 Å². The molecule has 0 N–H and O–H groups in total. The molecule has 0 aliphatic rings. The molecule has 0 radical (unpaired) electrons. The molecule has 0 aliphatic carbocycles. The molecule has 0 unspecified atom stereocenters. The summed E-state index contributed by atoms with van der Waals surface area (Å²) in [6, 6.07) is 1.29. The number of hydrogen-bond donors (Lipinski definition) is 0. The van der Waals surface area contributed by atoms with E-state index in [1.165, 1.54) is 6.07 Å². The third kappa shape index (κ3) is 1.96.